The Morgan fingerprint density at radius 3 is 2.50 bits per heavy atom. The summed E-state index contributed by atoms with van der Waals surface area (Å²) < 4.78 is 1.66. The van der Waals surface area contributed by atoms with Crippen LogP contribution in [0.25, 0.3) is 0 Å². The Morgan fingerprint density at radius 2 is 2.05 bits per heavy atom. The summed E-state index contributed by atoms with van der Waals surface area (Å²) in [4.78, 5) is 15.6. The van der Waals surface area contributed by atoms with Crippen molar-refractivity contribution >= 4 is 17.6 Å². The predicted molar refractivity (Wildman–Crippen MR) is 88.0 cm³/mol. The average Bonchev–Trinajstić information content (AvgIpc) is 2.82. The van der Waals surface area contributed by atoms with Gasteiger partial charge in [0, 0.05) is 46.0 Å². The van der Waals surface area contributed by atoms with Gasteiger partial charge in [0.25, 0.3) is 0 Å². The minimum absolute atomic E-state index is 0.322. The van der Waals surface area contributed by atoms with Gasteiger partial charge in [-0.05, 0) is 18.6 Å². The van der Waals surface area contributed by atoms with Crippen molar-refractivity contribution in [2.24, 2.45) is 7.05 Å². The molecule has 0 atom stereocenters. The number of aromatic carboxylic acids is 1. The number of piperazine rings is 1. The fourth-order valence-corrected chi connectivity index (χ4v) is 3.08. The van der Waals surface area contributed by atoms with Crippen LogP contribution in [0.15, 0.2) is 35.6 Å². The fraction of sp³-hybridized carbons (Fsp3) is 0.438. The number of aryl methyl sites for hydroxylation is 1. The maximum atomic E-state index is 11.1. The van der Waals surface area contributed by atoms with Crippen molar-refractivity contribution in [1.82, 2.24) is 14.4 Å². The van der Waals surface area contributed by atoms with E-state index in [1.54, 1.807) is 17.7 Å². The average molecular weight is 324 g/mol. The Labute approximate surface area is 136 Å². The Balaban J connectivity index is 1.94. The molecule has 0 spiro atoms. The number of allylic oxidation sites excluding steroid dienone is 2. The second-order valence-corrected chi connectivity index (χ2v) is 5.95. The summed E-state index contributed by atoms with van der Waals surface area (Å²) in [5.74, 6) is -0.892. The molecule has 1 aliphatic rings. The topological polar surface area (TPSA) is 48.7 Å². The SMILES string of the molecule is C=C(Cl)/C(=C\C)N1CCN(Cc2cc(C(=O)O)n(C)c2)CC1. The standard InChI is InChI=1S/C16H22ClN3O2/c1-4-14(12(2)17)20-7-5-19(6-8-20)11-13-9-15(16(21)22)18(3)10-13/h4,9-10H,2,5-8,11H2,1,3H3,(H,21,22)/b14-4+. The molecule has 1 saturated heterocycles. The van der Waals surface area contributed by atoms with Gasteiger partial charge in [0.1, 0.15) is 5.69 Å². The number of halogens is 1. The van der Waals surface area contributed by atoms with Crippen LogP contribution in [0.5, 0.6) is 0 Å². The zero-order chi connectivity index (χ0) is 16.3. The number of carboxylic acid groups (broad SMARTS) is 1. The zero-order valence-electron chi connectivity index (χ0n) is 13.0. The first-order valence-corrected chi connectivity index (χ1v) is 7.67. The molecule has 2 heterocycles. The van der Waals surface area contributed by atoms with Crippen LogP contribution in [-0.2, 0) is 13.6 Å². The number of hydrogen-bond donors (Lipinski definition) is 1. The van der Waals surface area contributed by atoms with Crippen molar-refractivity contribution in [3.05, 3.63) is 46.9 Å². The Bertz CT molecular complexity index is 599. The predicted octanol–water partition coefficient (Wildman–Crippen LogP) is 2.50. The molecule has 0 radical (unpaired) electrons. The molecule has 0 unspecified atom stereocenters. The van der Waals surface area contributed by atoms with Gasteiger partial charge in [-0.15, -0.1) is 0 Å². The van der Waals surface area contributed by atoms with E-state index in [0.29, 0.717) is 10.7 Å². The van der Waals surface area contributed by atoms with E-state index in [0.717, 1.165) is 44.0 Å². The largest absolute Gasteiger partial charge is 0.477 e. The summed E-state index contributed by atoms with van der Waals surface area (Å²) in [5.41, 5.74) is 2.35. The number of carboxylic acids is 1. The smallest absolute Gasteiger partial charge is 0.352 e. The molecule has 0 amide bonds. The minimum atomic E-state index is -0.892. The van der Waals surface area contributed by atoms with Gasteiger partial charge >= 0.3 is 5.97 Å². The molecule has 120 valence electrons. The summed E-state index contributed by atoms with van der Waals surface area (Å²) in [7, 11) is 1.76. The Morgan fingerprint density at radius 1 is 1.41 bits per heavy atom. The highest BCUT2D eigenvalue weighted by atomic mass is 35.5. The first kappa shape index (κ1) is 16.6. The lowest BCUT2D eigenvalue weighted by Gasteiger charge is -2.37. The van der Waals surface area contributed by atoms with Gasteiger partial charge in [-0.1, -0.05) is 24.3 Å². The Kier molecular flexibility index (Phi) is 5.32. The van der Waals surface area contributed by atoms with Crippen LogP contribution in [0.2, 0.25) is 0 Å². The number of hydrogen-bond acceptors (Lipinski definition) is 3. The monoisotopic (exact) mass is 323 g/mol. The Hall–Kier alpha value is -1.72. The molecule has 2 rings (SSSR count). The van der Waals surface area contributed by atoms with E-state index in [4.69, 9.17) is 16.7 Å². The minimum Gasteiger partial charge on any atom is -0.477 e. The molecular formula is C16H22ClN3O2. The van der Waals surface area contributed by atoms with Crippen LogP contribution in [0.4, 0.5) is 0 Å². The molecule has 1 aliphatic heterocycles. The van der Waals surface area contributed by atoms with E-state index in [9.17, 15) is 4.79 Å². The molecule has 0 aliphatic carbocycles. The third-order valence-electron chi connectivity index (χ3n) is 3.95. The molecule has 1 aromatic rings. The molecule has 1 aromatic heterocycles. The molecule has 1 N–H and O–H groups in total. The van der Waals surface area contributed by atoms with Crippen LogP contribution in [-0.4, -0.2) is 51.6 Å². The number of nitrogens with zero attached hydrogens (tertiary/aromatic N) is 3. The van der Waals surface area contributed by atoms with E-state index in [2.05, 4.69) is 16.4 Å². The van der Waals surface area contributed by atoms with Gasteiger partial charge in [0.05, 0.1) is 10.7 Å². The van der Waals surface area contributed by atoms with Gasteiger partial charge in [-0.3, -0.25) is 4.90 Å². The lowest BCUT2D eigenvalue weighted by molar-refractivity contribution is 0.0686. The van der Waals surface area contributed by atoms with Crippen LogP contribution in [0, 0.1) is 0 Å². The number of rotatable bonds is 5. The van der Waals surface area contributed by atoms with Crippen LogP contribution in [0.3, 0.4) is 0 Å². The molecule has 0 saturated carbocycles. The normalized spacial score (nSPS) is 16.9. The highest BCUT2D eigenvalue weighted by Crippen LogP contribution is 2.20. The van der Waals surface area contributed by atoms with Crippen molar-refractivity contribution in [3.63, 3.8) is 0 Å². The van der Waals surface area contributed by atoms with Crippen LogP contribution >= 0.6 is 11.6 Å². The zero-order valence-corrected chi connectivity index (χ0v) is 13.8. The van der Waals surface area contributed by atoms with Crippen molar-refractivity contribution in [1.29, 1.82) is 0 Å². The van der Waals surface area contributed by atoms with Crippen molar-refractivity contribution in [3.8, 4) is 0 Å². The van der Waals surface area contributed by atoms with Crippen molar-refractivity contribution in [2.75, 3.05) is 26.2 Å². The van der Waals surface area contributed by atoms with E-state index in [1.165, 1.54) is 0 Å². The van der Waals surface area contributed by atoms with E-state index >= 15 is 0 Å². The summed E-state index contributed by atoms with van der Waals surface area (Å²) >= 11 is 6.02. The fourth-order valence-electron chi connectivity index (χ4n) is 2.85. The van der Waals surface area contributed by atoms with Crippen molar-refractivity contribution in [2.45, 2.75) is 13.5 Å². The van der Waals surface area contributed by atoms with Gasteiger partial charge < -0.3 is 14.6 Å². The number of aromatic nitrogens is 1. The third kappa shape index (κ3) is 3.72. The summed E-state index contributed by atoms with van der Waals surface area (Å²) in [5, 5.41) is 9.67. The highest BCUT2D eigenvalue weighted by molar-refractivity contribution is 6.31. The van der Waals surface area contributed by atoms with E-state index < -0.39 is 5.97 Å². The van der Waals surface area contributed by atoms with E-state index in [1.807, 2.05) is 19.2 Å². The van der Waals surface area contributed by atoms with Crippen molar-refractivity contribution < 1.29 is 9.90 Å². The number of carbonyl (C=O) groups is 1. The maximum absolute atomic E-state index is 11.1. The quantitative estimate of drug-likeness (QED) is 0.846. The van der Waals surface area contributed by atoms with Gasteiger partial charge in [0.15, 0.2) is 0 Å². The first-order valence-electron chi connectivity index (χ1n) is 7.29. The molecule has 5 nitrogen and oxygen atoms in total. The second-order valence-electron chi connectivity index (χ2n) is 5.49. The summed E-state index contributed by atoms with van der Waals surface area (Å²) in [6.45, 7) is 10.1. The maximum Gasteiger partial charge on any atom is 0.352 e. The lowest BCUT2D eigenvalue weighted by Crippen LogP contribution is -2.45. The highest BCUT2D eigenvalue weighted by Gasteiger charge is 2.20. The van der Waals surface area contributed by atoms with Gasteiger partial charge in [0.2, 0.25) is 0 Å². The van der Waals surface area contributed by atoms with Gasteiger partial charge in [-0.2, -0.15) is 0 Å². The summed E-state index contributed by atoms with van der Waals surface area (Å²) in [6.07, 6.45) is 3.87. The molecular weight excluding hydrogens is 302 g/mol. The third-order valence-corrected chi connectivity index (χ3v) is 4.14. The van der Waals surface area contributed by atoms with Crippen LogP contribution in [0.1, 0.15) is 23.0 Å². The second kappa shape index (κ2) is 7.03. The molecule has 22 heavy (non-hydrogen) atoms. The first-order chi connectivity index (χ1) is 10.4. The molecule has 6 heteroatoms. The van der Waals surface area contributed by atoms with Crippen LogP contribution < -0.4 is 0 Å². The van der Waals surface area contributed by atoms with E-state index in [-0.39, 0.29) is 0 Å². The van der Waals surface area contributed by atoms with Gasteiger partial charge in [-0.25, -0.2) is 4.79 Å². The molecule has 0 bridgehead atoms. The molecule has 0 aromatic carbocycles. The summed E-state index contributed by atoms with van der Waals surface area (Å²) in [6, 6.07) is 1.74. The molecule has 1 fully saturated rings. The lowest BCUT2D eigenvalue weighted by atomic mass is 10.2.